The second-order valence-electron chi connectivity index (χ2n) is 11.7. The Hall–Kier alpha value is -1.16. The van der Waals surface area contributed by atoms with E-state index in [0.29, 0.717) is 24.0 Å². The van der Waals surface area contributed by atoms with Crippen LogP contribution < -0.4 is 0 Å². The average Bonchev–Trinajstić information content (AvgIpc) is 3.19. The third-order valence-corrected chi connectivity index (χ3v) is 10.0. The highest BCUT2D eigenvalue weighted by molar-refractivity contribution is 5.83. The normalized spacial score (nSPS) is 45.5. The number of carbonyl (C=O) groups excluding carboxylic acids is 1. The van der Waals surface area contributed by atoms with Gasteiger partial charge in [0.05, 0.1) is 17.7 Å². The third kappa shape index (κ3) is 3.29. The molecule has 4 aliphatic carbocycles. The molecule has 4 fully saturated rings. The lowest BCUT2D eigenvalue weighted by Gasteiger charge is -2.56. The number of aryl methyl sites for hydroxylation is 2. The number of aromatic nitrogens is 1. The van der Waals surface area contributed by atoms with Crippen molar-refractivity contribution in [2.75, 3.05) is 0 Å². The van der Waals surface area contributed by atoms with E-state index in [1.54, 1.807) is 0 Å². The van der Waals surface area contributed by atoms with E-state index in [2.05, 4.69) is 11.9 Å². The maximum absolute atomic E-state index is 13.3. The smallest absolute Gasteiger partial charge is 0.202 e. The van der Waals surface area contributed by atoms with Gasteiger partial charge < -0.3 is 9.52 Å². The molecular formula is C26H39NO3. The topological polar surface area (TPSA) is 63.3 Å². The molecule has 1 unspecified atom stereocenters. The summed E-state index contributed by atoms with van der Waals surface area (Å²) in [7, 11) is 0. The summed E-state index contributed by atoms with van der Waals surface area (Å²) >= 11 is 0. The zero-order valence-corrected chi connectivity index (χ0v) is 19.2. The minimum Gasteiger partial charge on any atom is -0.445 e. The van der Waals surface area contributed by atoms with Crippen molar-refractivity contribution in [2.24, 2.45) is 40.9 Å². The van der Waals surface area contributed by atoms with Crippen molar-refractivity contribution in [2.45, 2.75) is 97.5 Å². The first-order valence-electron chi connectivity index (χ1n) is 12.4. The third-order valence-electron chi connectivity index (χ3n) is 10.0. The van der Waals surface area contributed by atoms with Crippen LogP contribution in [0.15, 0.2) is 4.42 Å². The van der Waals surface area contributed by atoms with Crippen LogP contribution in [0.1, 0.15) is 89.0 Å². The first kappa shape index (κ1) is 20.7. The fourth-order valence-corrected chi connectivity index (χ4v) is 8.50. The lowest BCUT2D eigenvalue weighted by atomic mass is 9.49. The molecule has 1 N–H and O–H groups in total. The van der Waals surface area contributed by atoms with Crippen LogP contribution in [0.5, 0.6) is 0 Å². The van der Waals surface area contributed by atoms with E-state index in [-0.39, 0.29) is 11.3 Å². The first-order valence-corrected chi connectivity index (χ1v) is 12.4. The quantitative estimate of drug-likeness (QED) is 0.718. The number of hydrogen-bond acceptors (Lipinski definition) is 4. The predicted molar refractivity (Wildman–Crippen MR) is 116 cm³/mol. The molecule has 30 heavy (non-hydrogen) atoms. The highest BCUT2D eigenvalue weighted by atomic mass is 16.4. The number of fused-ring (bicyclic) bond motifs is 5. The van der Waals surface area contributed by atoms with E-state index >= 15 is 0 Å². The van der Waals surface area contributed by atoms with Gasteiger partial charge in [0.15, 0.2) is 0 Å². The number of oxazole rings is 1. The second kappa shape index (κ2) is 7.18. The van der Waals surface area contributed by atoms with Crippen molar-refractivity contribution in [3.63, 3.8) is 0 Å². The van der Waals surface area contributed by atoms with Crippen LogP contribution in [-0.2, 0) is 11.2 Å². The van der Waals surface area contributed by atoms with E-state index < -0.39 is 5.60 Å². The van der Waals surface area contributed by atoms with E-state index in [1.807, 2.05) is 20.8 Å². The van der Waals surface area contributed by atoms with Gasteiger partial charge in [-0.25, -0.2) is 4.98 Å². The summed E-state index contributed by atoms with van der Waals surface area (Å²) < 4.78 is 5.72. The molecule has 5 rings (SSSR count). The average molecular weight is 414 g/mol. The summed E-state index contributed by atoms with van der Waals surface area (Å²) in [4.78, 5) is 17.8. The van der Waals surface area contributed by atoms with Gasteiger partial charge in [-0.05, 0) is 114 Å². The van der Waals surface area contributed by atoms with Crippen LogP contribution >= 0.6 is 0 Å². The van der Waals surface area contributed by atoms with Crippen LogP contribution in [-0.4, -0.2) is 21.5 Å². The van der Waals surface area contributed by atoms with Crippen LogP contribution in [0.4, 0.5) is 0 Å². The van der Waals surface area contributed by atoms with Crippen molar-refractivity contribution >= 4 is 5.78 Å². The molecule has 8 atom stereocenters. The minimum atomic E-state index is -0.446. The first-order chi connectivity index (χ1) is 14.2. The van der Waals surface area contributed by atoms with E-state index in [0.717, 1.165) is 54.4 Å². The maximum atomic E-state index is 13.3. The van der Waals surface area contributed by atoms with Crippen LogP contribution in [0, 0.1) is 54.8 Å². The molecule has 1 aromatic heterocycles. The Bertz CT molecular complexity index is 807. The zero-order chi connectivity index (χ0) is 21.3. The van der Waals surface area contributed by atoms with Gasteiger partial charge in [0, 0.05) is 5.92 Å². The molecule has 4 saturated carbocycles. The highest BCUT2D eigenvalue weighted by Crippen LogP contribution is 2.64. The van der Waals surface area contributed by atoms with E-state index in [9.17, 15) is 9.90 Å². The Morgan fingerprint density at radius 3 is 2.53 bits per heavy atom. The summed E-state index contributed by atoms with van der Waals surface area (Å²) in [5, 5.41) is 10.6. The minimum absolute atomic E-state index is 0.155. The molecule has 0 aliphatic heterocycles. The zero-order valence-electron chi connectivity index (χ0n) is 19.2. The van der Waals surface area contributed by atoms with Crippen LogP contribution in [0.3, 0.4) is 0 Å². The van der Waals surface area contributed by atoms with E-state index in [1.165, 1.54) is 38.5 Å². The van der Waals surface area contributed by atoms with Crippen LogP contribution in [0.25, 0.3) is 0 Å². The summed E-state index contributed by atoms with van der Waals surface area (Å²) in [6.07, 6.45) is 10.8. The molecule has 4 nitrogen and oxygen atoms in total. The molecular weight excluding hydrogens is 374 g/mol. The van der Waals surface area contributed by atoms with Crippen molar-refractivity contribution in [1.29, 1.82) is 0 Å². The fourth-order valence-electron chi connectivity index (χ4n) is 8.50. The number of carbonyl (C=O) groups is 1. The van der Waals surface area contributed by atoms with Gasteiger partial charge in [0.1, 0.15) is 11.5 Å². The molecule has 0 radical (unpaired) electrons. The number of hydrogen-bond donors (Lipinski definition) is 1. The van der Waals surface area contributed by atoms with Gasteiger partial charge in [-0.3, -0.25) is 4.79 Å². The van der Waals surface area contributed by atoms with Gasteiger partial charge in [0.2, 0.25) is 5.89 Å². The van der Waals surface area contributed by atoms with E-state index in [4.69, 9.17) is 4.42 Å². The Labute approximate surface area is 181 Å². The number of ketones is 1. The van der Waals surface area contributed by atoms with Crippen molar-refractivity contribution in [3.05, 3.63) is 17.3 Å². The maximum Gasteiger partial charge on any atom is 0.202 e. The number of Topliss-reactive ketones (excluding diaryl/α,β-unsaturated/α-hetero) is 1. The number of nitrogens with zero attached hydrogens (tertiary/aromatic N) is 1. The summed E-state index contributed by atoms with van der Waals surface area (Å²) in [6, 6.07) is 0. The van der Waals surface area contributed by atoms with Gasteiger partial charge in [-0.15, -0.1) is 0 Å². The molecule has 0 spiro atoms. The summed E-state index contributed by atoms with van der Waals surface area (Å²) in [6.45, 7) is 8.33. The summed E-state index contributed by atoms with van der Waals surface area (Å²) in [5.74, 6) is 5.78. The Kier molecular flexibility index (Phi) is 4.96. The number of rotatable bonds is 3. The lowest BCUT2D eigenvalue weighted by Crippen LogP contribution is -2.51. The molecule has 0 aromatic carbocycles. The fraction of sp³-hybridized carbons (Fsp3) is 0.846. The van der Waals surface area contributed by atoms with Crippen LogP contribution in [0.2, 0.25) is 0 Å². The van der Waals surface area contributed by atoms with Gasteiger partial charge in [-0.2, -0.15) is 0 Å². The monoisotopic (exact) mass is 413 g/mol. The predicted octanol–water partition coefficient (Wildman–Crippen LogP) is 5.42. The molecule has 0 bridgehead atoms. The Balaban J connectivity index is 1.31. The SMILES string of the molecule is Cc1nc(CC(=O)[C@H]2CC[C@H]3[C@@H]4CC[C@@H]5CC(C)(O)CC[C@@H]5[C@H]4CC[C@]23C)oc1C. The van der Waals surface area contributed by atoms with Gasteiger partial charge in [-0.1, -0.05) is 6.92 Å². The molecule has 4 heteroatoms. The standard InChI is InChI=1S/C26H39NO3/c1-15-16(2)30-24(27-15)13-23(28)22-8-7-21-20-6-5-17-14-25(3,29)11-9-18(17)19(20)10-12-26(21,22)4/h17-22,29H,5-14H2,1-4H3/t17-,18+,19-,20-,21+,22-,25?,26+/m1/s1. The van der Waals surface area contributed by atoms with Crippen molar-refractivity contribution < 1.29 is 14.3 Å². The molecule has 1 heterocycles. The largest absolute Gasteiger partial charge is 0.445 e. The molecule has 0 amide bonds. The summed E-state index contributed by atoms with van der Waals surface area (Å²) in [5.41, 5.74) is 0.609. The van der Waals surface area contributed by atoms with Crippen molar-refractivity contribution in [1.82, 2.24) is 4.98 Å². The molecule has 166 valence electrons. The second-order valence-corrected chi connectivity index (χ2v) is 11.7. The van der Waals surface area contributed by atoms with Gasteiger partial charge in [0.25, 0.3) is 0 Å². The molecule has 0 saturated heterocycles. The molecule has 4 aliphatic rings. The Morgan fingerprint density at radius 1 is 1.03 bits per heavy atom. The van der Waals surface area contributed by atoms with Crippen molar-refractivity contribution in [3.8, 4) is 0 Å². The highest BCUT2D eigenvalue weighted by Gasteiger charge is 2.58. The Morgan fingerprint density at radius 2 is 1.80 bits per heavy atom. The lowest BCUT2D eigenvalue weighted by molar-refractivity contribution is -0.132. The van der Waals surface area contributed by atoms with Gasteiger partial charge >= 0.3 is 0 Å². The number of aliphatic hydroxyl groups is 1. The molecule has 1 aromatic rings.